The highest BCUT2D eigenvalue weighted by molar-refractivity contribution is 9.09. The molecular formula is C14H19BrClNO. The second-order valence-corrected chi connectivity index (χ2v) is 6.06. The Morgan fingerprint density at radius 3 is 2.56 bits per heavy atom. The Balaban J connectivity index is 2.74. The van der Waals surface area contributed by atoms with Crippen molar-refractivity contribution in [2.24, 2.45) is 5.92 Å². The maximum absolute atomic E-state index is 12.1. The van der Waals surface area contributed by atoms with E-state index >= 15 is 0 Å². The van der Waals surface area contributed by atoms with Crippen LogP contribution in [0.2, 0.25) is 5.02 Å². The molecule has 0 fully saturated rings. The molecule has 1 aromatic rings. The second-order valence-electron chi connectivity index (χ2n) is 4.97. The Hall–Kier alpha value is -0.540. The lowest BCUT2D eigenvalue weighted by molar-refractivity contribution is 0.0937. The molecule has 100 valence electrons. The first-order chi connectivity index (χ1) is 8.42. The van der Waals surface area contributed by atoms with E-state index in [2.05, 4.69) is 35.1 Å². The fourth-order valence-electron chi connectivity index (χ4n) is 1.87. The van der Waals surface area contributed by atoms with E-state index in [-0.39, 0.29) is 11.9 Å². The van der Waals surface area contributed by atoms with Crippen molar-refractivity contribution in [3.63, 3.8) is 0 Å². The largest absolute Gasteiger partial charge is 0.348 e. The maximum Gasteiger partial charge on any atom is 0.251 e. The highest BCUT2D eigenvalue weighted by Crippen LogP contribution is 2.15. The third kappa shape index (κ3) is 4.99. The summed E-state index contributed by atoms with van der Waals surface area (Å²) in [6, 6.07) is 5.54. The molecule has 0 aliphatic carbocycles. The van der Waals surface area contributed by atoms with Crippen molar-refractivity contribution in [2.45, 2.75) is 33.2 Å². The molecule has 0 heterocycles. The summed E-state index contributed by atoms with van der Waals surface area (Å²) in [5.74, 6) is 0.486. The standard InChI is InChI=1S/C14H19BrClNO/c1-9(2)4-13(8-15)17-14(18)11-5-10(3)6-12(16)7-11/h5-7,9,13H,4,8H2,1-3H3,(H,17,18). The van der Waals surface area contributed by atoms with Crippen LogP contribution in [0.3, 0.4) is 0 Å². The highest BCUT2D eigenvalue weighted by Gasteiger charge is 2.14. The number of benzene rings is 1. The summed E-state index contributed by atoms with van der Waals surface area (Å²) in [5, 5.41) is 4.38. The number of amides is 1. The third-order valence-corrected chi connectivity index (χ3v) is 3.58. The van der Waals surface area contributed by atoms with Crippen LogP contribution < -0.4 is 5.32 Å². The molecule has 1 amide bonds. The van der Waals surface area contributed by atoms with E-state index in [1.165, 1.54) is 0 Å². The minimum absolute atomic E-state index is 0.0642. The maximum atomic E-state index is 12.1. The summed E-state index contributed by atoms with van der Waals surface area (Å²) < 4.78 is 0. The van der Waals surface area contributed by atoms with E-state index in [0.29, 0.717) is 16.5 Å². The van der Waals surface area contributed by atoms with Crippen LogP contribution >= 0.6 is 27.5 Å². The average molecular weight is 333 g/mol. The third-order valence-electron chi connectivity index (χ3n) is 2.58. The van der Waals surface area contributed by atoms with Crippen molar-refractivity contribution in [1.82, 2.24) is 5.32 Å². The van der Waals surface area contributed by atoms with Gasteiger partial charge in [-0.3, -0.25) is 4.79 Å². The van der Waals surface area contributed by atoms with Gasteiger partial charge in [-0.25, -0.2) is 0 Å². The molecule has 2 nitrogen and oxygen atoms in total. The summed E-state index contributed by atoms with van der Waals surface area (Å²) >= 11 is 9.39. The number of nitrogens with one attached hydrogen (secondary N) is 1. The van der Waals surface area contributed by atoms with E-state index in [1.807, 2.05) is 19.1 Å². The Kier molecular flexibility index (Phi) is 6.16. The minimum atomic E-state index is -0.0642. The van der Waals surface area contributed by atoms with Gasteiger partial charge in [-0.05, 0) is 43.0 Å². The molecule has 0 aliphatic rings. The molecule has 1 atom stereocenters. The van der Waals surface area contributed by atoms with Gasteiger partial charge in [-0.2, -0.15) is 0 Å². The molecule has 0 aliphatic heterocycles. The molecule has 4 heteroatoms. The van der Waals surface area contributed by atoms with Crippen LogP contribution in [-0.2, 0) is 0 Å². The number of aryl methyl sites for hydroxylation is 1. The smallest absolute Gasteiger partial charge is 0.251 e. The van der Waals surface area contributed by atoms with Gasteiger partial charge in [0.2, 0.25) is 0 Å². The number of carbonyl (C=O) groups is 1. The zero-order valence-corrected chi connectivity index (χ0v) is 13.3. The molecule has 0 bridgehead atoms. The molecule has 1 unspecified atom stereocenters. The lowest BCUT2D eigenvalue weighted by Gasteiger charge is -2.18. The predicted octanol–water partition coefficient (Wildman–Crippen LogP) is 4.19. The normalized spacial score (nSPS) is 12.6. The Bertz CT molecular complexity index is 400. The summed E-state index contributed by atoms with van der Waals surface area (Å²) in [7, 11) is 0. The average Bonchev–Trinajstić information content (AvgIpc) is 2.26. The van der Waals surface area contributed by atoms with Crippen molar-refractivity contribution in [3.05, 3.63) is 34.3 Å². The lowest BCUT2D eigenvalue weighted by atomic mass is 10.0. The van der Waals surface area contributed by atoms with E-state index in [4.69, 9.17) is 11.6 Å². The van der Waals surface area contributed by atoms with Gasteiger partial charge in [0.15, 0.2) is 0 Å². The molecule has 1 rings (SSSR count). The predicted molar refractivity (Wildman–Crippen MR) is 80.7 cm³/mol. The topological polar surface area (TPSA) is 29.1 Å². The highest BCUT2D eigenvalue weighted by atomic mass is 79.9. The van der Waals surface area contributed by atoms with Gasteiger partial charge in [0, 0.05) is 22.0 Å². The van der Waals surface area contributed by atoms with Crippen LogP contribution in [0, 0.1) is 12.8 Å². The Labute approximate surface area is 122 Å². The van der Waals surface area contributed by atoms with Crippen LogP contribution in [-0.4, -0.2) is 17.3 Å². The van der Waals surface area contributed by atoms with Gasteiger partial charge in [-0.15, -0.1) is 0 Å². The van der Waals surface area contributed by atoms with Crippen molar-refractivity contribution < 1.29 is 4.79 Å². The zero-order valence-electron chi connectivity index (χ0n) is 11.0. The van der Waals surface area contributed by atoms with Crippen molar-refractivity contribution in [2.75, 3.05) is 5.33 Å². The van der Waals surface area contributed by atoms with Gasteiger partial charge >= 0.3 is 0 Å². The van der Waals surface area contributed by atoms with E-state index in [1.54, 1.807) is 6.07 Å². The zero-order chi connectivity index (χ0) is 13.7. The Morgan fingerprint density at radius 2 is 2.06 bits per heavy atom. The Morgan fingerprint density at radius 1 is 1.39 bits per heavy atom. The molecule has 18 heavy (non-hydrogen) atoms. The van der Waals surface area contributed by atoms with Gasteiger partial charge in [0.25, 0.3) is 5.91 Å². The monoisotopic (exact) mass is 331 g/mol. The van der Waals surface area contributed by atoms with Crippen molar-refractivity contribution in [3.8, 4) is 0 Å². The molecule has 1 aromatic carbocycles. The molecule has 0 saturated carbocycles. The lowest BCUT2D eigenvalue weighted by Crippen LogP contribution is -2.37. The van der Waals surface area contributed by atoms with Crippen LogP contribution in [0.1, 0.15) is 36.2 Å². The number of hydrogen-bond donors (Lipinski definition) is 1. The SMILES string of the molecule is Cc1cc(Cl)cc(C(=O)NC(CBr)CC(C)C)c1. The minimum Gasteiger partial charge on any atom is -0.348 e. The van der Waals surface area contributed by atoms with Crippen LogP contribution in [0.5, 0.6) is 0 Å². The fraction of sp³-hybridized carbons (Fsp3) is 0.500. The number of carbonyl (C=O) groups excluding carboxylic acids is 1. The summed E-state index contributed by atoms with van der Waals surface area (Å²) in [6.45, 7) is 6.22. The van der Waals surface area contributed by atoms with Gasteiger partial charge < -0.3 is 5.32 Å². The van der Waals surface area contributed by atoms with E-state index in [0.717, 1.165) is 17.3 Å². The van der Waals surface area contributed by atoms with Crippen molar-refractivity contribution in [1.29, 1.82) is 0 Å². The van der Waals surface area contributed by atoms with Gasteiger partial charge in [-0.1, -0.05) is 41.4 Å². The first-order valence-corrected chi connectivity index (χ1v) is 7.56. The molecule has 0 aromatic heterocycles. The molecule has 0 radical (unpaired) electrons. The van der Waals surface area contributed by atoms with Crippen molar-refractivity contribution >= 4 is 33.4 Å². The number of alkyl halides is 1. The van der Waals surface area contributed by atoms with Crippen LogP contribution in [0.4, 0.5) is 0 Å². The molecule has 0 spiro atoms. The number of rotatable bonds is 5. The van der Waals surface area contributed by atoms with E-state index < -0.39 is 0 Å². The molecule has 0 saturated heterocycles. The number of hydrogen-bond acceptors (Lipinski definition) is 1. The quantitative estimate of drug-likeness (QED) is 0.805. The number of halogens is 2. The fourth-order valence-corrected chi connectivity index (χ4v) is 2.58. The molecular weight excluding hydrogens is 314 g/mol. The molecule has 1 N–H and O–H groups in total. The van der Waals surface area contributed by atoms with Gasteiger partial charge in [0.05, 0.1) is 0 Å². The van der Waals surface area contributed by atoms with Gasteiger partial charge in [0.1, 0.15) is 0 Å². The first kappa shape index (κ1) is 15.5. The summed E-state index contributed by atoms with van der Waals surface area (Å²) in [6.07, 6.45) is 0.955. The van der Waals surface area contributed by atoms with Crippen LogP contribution in [0.15, 0.2) is 18.2 Å². The summed E-state index contributed by atoms with van der Waals surface area (Å²) in [4.78, 5) is 12.1. The van der Waals surface area contributed by atoms with E-state index in [9.17, 15) is 4.79 Å². The van der Waals surface area contributed by atoms with Crippen LogP contribution in [0.25, 0.3) is 0 Å². The summed E-state index contributed by atoms with van der Waals surface area (Å²) in [5.41, 5.74) is 1.61. The first-order valence-electron chi connectivity index (χ1n) is 6.06. The second kappa shape index (κ2) is 7.15.